The number of methoxy groups -OCH3 is 1. The zero-order valence-electron chi connectivity index (χ0n) is 13.4. The van der Waals surface area contributed by atoms with Crippen molar-refractivity contribution in [3.8, 4) is 5.75 Å². The van der Waals surface area contributed by atoms with E-state index in [1.54, 1.807) is 24.1 Å². The van der Waals surface area contributed by atoms with E-state index < -0.39 is 0 Å². The molecule has 1 aromatic heterocycles. The highest BCUT2D eigenvalue weighted by molar-refractivity contribution is 5.92. The van der Waals surface area contributed by atoms with Gasteiger partial charge in [-0.1, -0.05) is 6.07 Å². The van der Waals surface area contributed by atoms with Crippen LogP contribution in [0.4, 0.5) is 4.39 Å². The highest BCUT2D eigenvalue weighted by Gasteiger charge is 2.28. The second-order valence-corrected chi connectivity index (χ2v) is 5.73. The lowest BCUT2D eigenvalue weighted by Crippen LogP contribution is -2.29. The molecule has 0 bridgehead atoms. The zero-order chi connectivity index (χ0) is 16.9. The smallest absolute Gasteiger partial charge is 0.275 e. The average molecular weight is 334 g/mol. The Morgan fingerprint density at radius 3 is 3.17 bits per heavy atom. The Morgan fingerprint density at radius 2 is 2.38 bits per heavy atom. The minimum atomic E-state index is -0.379. The molecule has 0 spiro atoms. The standard InChI is InChI=1S/C17H19FN2O4/c1-22-9-12-5-6-20(8-12)17(21)15-10-24-16(19-15)11-23-14-4-2-3-13(18)7-14/h2-4,7,10,12H,5-6,8-9,11H2,1H3. The first-order chi connectivity index (χ1) is 11.7. The van der Waals surface area contributed by atoms with Gasteiger partial charge in [0.05, 0.1) is 6.61 Å². The molecule has 24 heavy (non-hydrogen) atoms. The molecule has 2 aromatic rings. The van der Waals surface area contributed by atoms with Gasteiger partial charge in [-0.15, -0.1) is 0 Å². The molecular weight excluding hydrogens is 315 g/mol. The van der Waals surface area contributed by atoms with E-state index in [4.69, 9.17) is 13.9 Å². The molecule has 0 saturated carbocycles. The van der Waals surface area contributed by atoms with E-state index >= 15 is 0 Å². The molecule has 0 N–H and O–H groups in total. The summed E-state index contributed by atoms with van der Waals surface area (Å²) in [4.78, 5) is 18.3. The van der Waals surface area contributed by atoms with E-state index in [0.717, 1.165) is 6.42 Å². The largest absolute Gasteiger partial charge is 0.484 e. The van der Waals surface area contributed by atoms with Crippen molar-refractivity contribution in [2.45, 2.75) is 13.0 Å². The van der Waals surface area contributed by atoms with E-state index in [1.165, 1.54) is 18.4 Å². The monoisotopic (exact) mass is 334 g/mol. The van der Waals surface area contributed by atoms with Crippen molar-refractivity contribution in [3.05, 3.63) is 47.9 Å². The van der Waals surface area contributed by atoms with Crippen LogP contribution >= 0.6 is 0 Å². The molecule has 1 atom stereocenters. The summed E-state index contributed by atoms with van der Waals surface area (Å²) < 4.78 is 28.9. The van der Waals surface area contributed by atoms with Crippen molar-refractivity contribution in [2.75, 3.05) is 26.8 Å². The van der Waals surface area contributed by atoms with Crippen LogP contribution in [0.1, 0.15) is 22.8 Å². The third kappa shape index (κ3) is 3.91. The van der Waals surface area contributed by atoms with Crippen LogP contribution in [0.25, 0.3) is 0 Å². The molecule has 1 unspecified atom stereocenters. The summed E-state index contributed by atoms with van der Waals surface area (Å²) in [6.07, 6.45) is 2.25. The molecule has 7 heteroatoms. The van der Waals surface area contributed by atoms with E-state index in [1.807, 2.05) is 0 Å². The summed E-state index contributed by atoms with van der Waals surface area (Å²) in [5.74, 6) is 0.477. The summed E-state index contributed by atoms with van der Waals surface area (Å²) in [5, 5.41) is 0. The molecule has 2 heterocycles. The maximum atomic E-state index is 13.1. The van der Waals surface area contributed by atoms with Gasteiger partial charge < -0.3 is 18.8 Å². The average Bonchev–Trinajstić information content (AvgIpc) is 3.22. The molecule has 1 aromatic carbocycles. The van der Waals surface area contributed by atoms with Crippen LogP contribution in [0.2, 0.25) is 0 Å². The van der Waals surface area contributed by atoms with Crippen LogP contribution in [0.3, 0.4) is 0 Å². The number of aromatic nitrogens is 1. The van der Waals surface area contributed by atoms with Crippen LogP contribution in [-0.4, -0.2) is 42.6 Å². The van der Waals surface area contributed by atoms with Crippen molar-refractivity contribution in [1.82, 2.24) is 9.88 Å². The molecule has 1 aliphatic heterocycles. The lowest BCUT2D eigenvalue weighted by atomic mass is 10.1. The molecule has 1 amide bonds. The Kier molecular flexibility index (Phi) is 5.10. The summed E-state index contributed by atoms with van der Waals surface area (Å²) in [5.41, 5.74) is 0.255. The predicted molar refractivity (Wildman–Crippen MR) is 83.1 cm³/mol. The predicted octanol–water partition coefficient (Wildman–Crippen LogP) is 2.50. The number of hydrogen-bond donors (Lipinski definition) is 0. The van der Waals surface area contributed by atoms with E-state index in [-0.39, 0.29) is 29.9 Å². The minimum absolute atomic E-state index is 0.0308. The lowest BCUT2D eigenvalue weighted by molar-refractivity contribution is 0.0769. The summed E-state index contributed by atoms with van der Waals surface area (Å²) in [7, 11) is 1.66. The number of carbonyl (C=O) groups is 1. The lowest BCUT2D eigenvalue weighted by Gasteiger charge is -2.14. The highest BCUT2D eigenvalue weighted by Crippen LogP contribution is 2.19. The molecule has 1 fully saturated rings. The molecule has 0 radical (unpaired) electrons. The van der Waals surface area contributed by atoms with Crippen molar-refractivity contribution < 1.29 is 23.1 Å². The number of amides is 1. The molecule has 6 nitrogen and oxygen atoms in total. The topological polar surface area (TPSA) is 64.8 Å². The van der Waals surface area contributed by atoms with Crippen molar-refractivity contribution in [1.29, 1.82) is 0 Å². The van der Waals surface area contributed by atoms with Gasteiger partial charge in [-0.05, 0) is 18.6 Å². The number of carbonyl (C=O) groups excluding carboxylic acids is 1. The number of benzene rings is 1. The van der Waals surface area contributed by atoms with Gasteiger partial charge in [-0.3, -0.25) is 4.79 Å². The van der Waals surface area contributed by atoms with Crippen LogP contribution in [0, 0.1) is 11.7 Å². The Morgan fingerprint density at radius 1 is 1.50 bits per heavy atom. The second-order valence-electron chi connectivity index (χ2n) is 5.73. The maximum absolute atomic E-state index is 13.1. The van der Waals surface area contributed by atoms with Crippen LogP contribution in [0.5, 0.6) is 5.75 Å². The third-order valence-electron chi connectivity index (χ3n) is 3.90. The zero-order valence-corrected chi connectivity index (χ0v) is 13.4. The second kappa shape index (κ2) is 7.44. The third-order valence-corrected chi connectivity index (χ3v) is 3.90. The molecule has 1 saturated heterocycles. The highest BCUT2D eigenvalue weighted by atomic mass is 19.1. The van der Waals surface area contributed by atoms with Crippen LogP contribution in [0.15, 0.2) is 34.9 Å². The van der Waals surface area contributed by atoms with Gasteiger partial charge in [-0.2, -0.15) is 0 Å². The SMILES string of the molecule is COCC1CCN(C(=O)c2coc(COc3cccc(F)c3)n2)C1. The molecule has 0 aliphatic carbocycles. The fraction of sp³-hybridized carbons (Fsp3) is 0.412. The van der Waals surface area contributed by atoms with E-state index in [0.29, 0.717) is 31.4 Å². The normalized spacial score (nSPS) is 17.2. The van der Waals surface area contributed by atoms with Gasteiger partial charge in [0.15, 0.2) is 12.3 Å². The van der Waals surface area contributed by atoms with Crippen LogP contribution < -0.4 is 4.74 Å². The van der Waals surface area contributed by atoms with Gasteiger partial charge in [0.1, 0.15) is 17.8 Å². The first-order valence-electron chi connectivity index (χ1n) is 7.76. The Bertz CT molecular complexity index is 703. The Labute approximate surface area is 139 Å². The first-order valence-corrected chi connectivity index (χ1v) is 7.76. The van der Waals surface area contributed by atoms with Crippen molar-refractivity contribution >= 4 is 5.91 Å². The number of likely N-dealkylation sites (tertiary alicyclic amines) is 1. The molecule has 1 aliphatic rings. The van der Waals surface area contributed by atoms with Gasteiger partial charge in [0.2, 0.25) is 5.89 Å². The Hall–Kier alpha value is -2.41. The number of oxazole rings is 1. The van der Waals surface area contributed by atoms with Crippen molar-refractivity contribution in [2.24, 2.45) is 5.92 Å². The number of hydrogen-bond acceptors (Lipinski definition) is 5. The van der Waals surface area contributed by atoms with Gasteiger partial charge in [0.25, 0.3) is 5.91 Å². The van der Waals surface area contributed by atoms with E-state index in [2.05, 4.69) is 4.98 Å². The molecule has 3 rings (SSSR count). The molecule has 128 valence electrons. The van der Waals surface area contributed by atoms with E-state index in [9.17, 15) is 9.18 Å². The fourth-order valence-corrected chi connectivity index (χ4v) is 2.73. The number of rotatable bonds is 6. The summed E-state index contributed by atoms with van der Waals surface area (Å²) in [6.45, 7) is 2.03. The van der Waals surface area contributed by atoms with Crippen molar-refractivity contribution in [3.63, 3.8) is 0 Å². The quantitative estimate of drug-likeness (QED) is 0.812. The van der Waals surface area contributed by atoms with Gasteiger partial charge in [-0.25, -0.2) is 9.37 Å². The summed E-state index contributed by atoms with van der Waals surface area (Å²) >= 11 is 0. The number of nitrogens with zero attached hydrogens (tertiary/aromatic N) is 2. The van der Waals surface area contributed by atoms with Gasteiger partial charge >= 0.3 is 0 Å². The molecular formula is C17H19FN2O4. The maximum Gasteiger partial charge on any atom is 0.275 e. The number of ether oxygens (including phenoxy) is 2. The first kappa shape index (κ1) is 16.4. The minimum Gasteiger partial charge on any atom is -0.484 e. The van der Waals surface area contributed by atoms with Gasteiger partial charge in [0, 0.05) is 32.2 Å². The Balaban J connectivity index is 1.56. The summed E-state index contributed by atoms with van der Waals surface area (Å²) in [6, 6.07) is 5.80. The number of halogens is 1. The van der Waals surface area contributed by atoms with Crippen LogP contribution in [-0.2, 0) is 11.3 Å². The fourth-order valence-electron chi connectivity index (χ4n) is 2.73.